The second-order valence-corrected chi connectivity index (χ2v) is 18.4. The molecule has 266 valence electrons. The fourth-order valence-electron chi connectivity index (χ4n) is 10.2. The van der Waals surface area contributed by atoms with Gasteiger partial charge in [-0.3, -0.25) is 0 Å². The lowest BCUT2D eigenvalue weighted by Gasteiger charge is -2.32. The van der Waals surface area contributed by atoms with Crippen molar-refractivity contribution < 1.29 is 0 Å². The van der Waals surface area contributed by atoms with Crippen LogP contribution in [0.25, 0.3) is 62.6 Å². The third-order valence-corrected chi connectivity index (χ3v) is 15.2. The normalized spacial score (nSPS) is 14.6. The molecule has 0 aliphatic heterocycles. The van der Waals surface area contributed by atoms with Gasteiger partial charge < -0.3 is 4.90 Å². The lowest BCUT2D eigenvalue weighted by Crippen LogP contribution is -2.23. The predicted octanol–water partition coefficient (Wildman–Crippen LogP) is 15.5. The molecule has 8 aromatic carbocycles. The summed E-state index contributed by atoms with van der Waals surface area (Å²) in [5, 5.41) is 5.24. The van der Waals surface area contributed by atoms with Gasteiger partial charge in [-0.1, -0.05) is 135 Å². The summed E-state index contributed by atoms with van der Waals surface area (Å²) in [5.41, 5.74) is 15.2. The Hall–Kier alpha value is -6.00. The van der Waals surface area contributed by atoms with E-state index in [1.54, 1.807) is 0 Å². The molecule has 0 N–H and O–H groups in total. The van der Waals surface area contributed by atoms with E-state index in [1.165, 1.54) is 107 Å². The maximum absolute atomic E-state index is 2.57. The molecule has 56 heavy (non-hydrogen) atoms. The van der Waals surface area contributed by atoms with E-state index in [-0.39, 0.29) is 10.8 Å². The fraction of sp³-hybridized carbons (Fsp3) is 0.0943. The van der Waals surface area contributed by atoms with Crippen molar-refractivity contribution >= 4 is 80.1 Å². The van der Waals surface area contributed by atoms with Gasteiger partial charge in [-0.05, 0) is 106 Å². The molecule has 0 saturated heterocycles. The molecular weight excluding hydrogens is 715 g/mol. The third kappa shape index (κ3) is 4.30. The van der Waals surface area contributed by atoms with Crippen LogP contribution in [0.1, 0.15) is 48.6 Å². The van der Waals surface area contributed by atoms with Gasteiger partial charge in [0.2, 0.25) is 0 Å². The molecule has 0 fully saturated rings. The Morgan fingerprint density at radius 3 is 1.64 bits per heavy atom. The molecule has 0 saturated carbocycles. The number of anilines is 3. The molecule has 1 nitrogen and oxygen atoms in total. The number of fused-ring (bicyclic) bond motifs is 12. The summed E-state index contributed by atoms with van der Waals surface area (Å²) in [4.78, 5) is 2.57. The smallest absolute Gasteiger partial charge is 0.0557 e. The van der Waals surface area contributed by atoms with Gasteiger partial charge in [0.25, 0.3) is 0 Å². The summed E-state index contributed by atoms with van der Waals surface area (Å²) in [5.74, 6) is 0. The van der Waals surface area contributed by atoms with Crippen molar-refractivity contribution in [3.05, 3.63) is 198 Å². The van der Waals surface area contributed by atoms with Gasteiger partial charge in [0.15, 0.2) is 0 Å². The lowest BCUT2D eigenvalue weighted by atomic mass is 9.74. The molecular formula is C53H37NS2. The number of rotatable bonds is 4. The minimum absolute atomic E-state index is 0.125. The van der Waals surface area contributed by atoms with Gasteiger partial charge in [0.05, 0.1) is 5.69 Å². The van der Waals surface area contributed by atoms with Gasteiger partial charge >= 0.3 is 0 Å². The Morgan fingerprint density at radius 2 is 0.911 bits per heavy atom. The van der Waals surface area contributed by atoms with E-state index in [4.69, 9.17) is 0 Å². The van der Waals surface area contributed by atoms with E-state index in [2.05, 4.69) is 196 Å². The fourth-order valence-corrected chi connectivity index (χ4v) is 12.5. The van der Waals surface area contributed by atoms with Crippen molar-refractivity contribution in [1.29, 1.82) is 0 Å². The van der Waals surface area contributed by atoms with E-state index in [0.717, 1.165) is 0 Å². The second kappa shape index (κ2) is 11.5. The van der Waals surface area contributed by atoms with Crippen LogP contribution in [0.5, 0.6) is 0 Å². The maximum atomic E-state index is 2.57. The topological polar surface area (TPSA) is 3.24 Å². The zero-order chi connectivity index (χ0) is 37.3. The quantitative estimate of drug-likeness (QED) is 0.173. The van der Waals surface area contributed by atoms with Crippen LogP contribution in [-0.4, -0.2) is 0 Å². The van der Waals surface area contributed by atoms with Crippen LogP contribution < -0.4 is 4.90 Å². The molecule has 0 atom stereocenters. The summed E-state index contributed by atoms with van der Waals surface area (Å²) in [6, 6.07) is 64.2. The van der Waals surface area contributed by atoms with E-state index in [1.807, 2.05) is 22.7 Å². The Bertz CT molecular complexity index is 3220. The molecule has 0 unspecified atom stereocenters. The zero-order valence-electron chi connectivity index (χ0n) is 31.4. The van der Waals surface area contributed by atoms with Crippen molar-refractivity contribution in [2.24, 2.45) is 0 Å². The highest BCUT2D eigenvalue weighted by molar-refractivity contribution is 7.26. The van der Waals surface area contributed by atoms with E-state index < -0.39 is 0 Å². The first-order valence-electron chi connectivity index (χ1n) is 19.5. The van der Waals surface area contributed by atoms with Gasteiger partial charge in [-0.2, -0.15) is 0 Å². The number of hydrogen-bond donors (Lipinski definition) is 0. The highest BCUT2D eigenvalue weighted by Gasteiger charge is 2.42. The second-order valence-electron chi connectivity index (χ2n) is 16.2. The van der Waals surface area contributed by atoms with Crippen LogP contribution in [0.4, 0.5) is 17.1 Å². The molecule has 12 rings (SSSR count). The number of nitrogens with zero attached hydrogens (tertiary/aromatic N) is 1. The highest BCUT2D eigenvalue weighted by Crippen LogP contribution is 2.56. The summed E-state index contributed by atoms with van der Waals surface area (Å²) in [6.45, 7) is 7.21. The molecule has 10 aromatic rings. The van der Waals surface area contributed by atoms with Crippen LogP contribution in [0, 0.1) is 0 Å². The number of thiophene rings is 2. The van der Waals surface area contributed by atoms with E-state index in [0.29, 0.717) is 0 Å². The van der Waals surface area contributed by atoms with Gasteiger partial charge in [0.1, 0.15) is 0 Å². The molecule has 0 amide bonds. The predicted molar refractivity (Wildman–Crippen MR) is 242 cm³/mol. The molecule has 2 aromatic heterocycles. The van der Waals surface area contributed by atoms with E-state index >= 15 is 0 Å². The summed E-state index contributed by atoms with van der Waals surface area (Å²) in [7, 11) is 0. The van der Waals surface area contributed by atoms with E-state index in [9.17, 15) is 0 Å². The maximum Gasteiger partial charge on any atom is 0.0557 e. The molecule has 2 heterocycles. The summed E-state index contributed by atoms with van der Waals surface area (Å²) in [6.07, 6.45) is 0. The van der Waals surface area contributed by atoms with Crippen molar-refractivity contribution in [2.45, 2.75) is 31.6 Å². The van der Waals surface area contributed by atoms with Crippen LogP contribution >= 0.6 is 22.7 Å². The lowest BCUT2D eigenvalue weighted by molar-refractivity contribution is 0.660. The SMILES string of the molecule is CC1(C)c2ccccc2-c2ccc(N(c3ccc4c(c3)sc3ccccc34)c3cc(C4(C)c5ccccc5-c5ccccc54)cc4sc5ccccc5c34)cc21. The van der Waals surface area contributed by atoms with Gasteiger partial charge in [-0.25, -0.2) is 0 Å². The Balaban J connectivity index is 1.18. The third-order valence-electron chi connectivity index (χ3n) is 12.9. The van der Waals surface area contributed by atoms with Crippen molar-refractivity contribution in [2.75, 3.05) is 4.90 Å². The number of benzene rings is 8. The average Bonchev–Trinajstić information content (AvgIpc) is 3.94. The summed E-state index contributed by atoms with van der Waals surface area (Å²) < 4.78 is 5.24. The van der Waals surface area contributed by atoms with Gasteiger partial charge in [-0.15, -0.1) is 22.7 Å². The molecule has 3 heteroatoms. The standard InChI is InChI=1S/C53H37NS2/c1-52(2)42-19-9-4-14-35(42)38-26-24-33(30-45(38)52)54(34-25-27-40-39-17-7-12-22-47(39)55-49(40)31-34)46-28-32(29-50-51(46)41-18-8-13-23-48(41)56-50)53(3)43-20-10-5-15-36(43)37-16-6-11-21-44(37)53/h4-31H,1-3H3. The first-order chi connectivity index (χ1) is 27.4. The van der Waals surface area contributed by atoms with Crippen LogP contribution in [0.15, 0.2) is 170 Å². The van der Waals surface area contributed by atoms with Crippen LogP contribution in [0.3, 0.4) is 0 Å². The first kappa shape index (κ1) is 32.3. The van der Waals surface area contributed by atoms with Crippen molar-refractivity contribution in [3.63, 3.8) is 0 Å². The molecule has 0 bridgehead atoms. The average molecular weight is 752 g/mol. The Kier molecular flexibility index (Phi) is 6.64. The molecule has 0 spiro atoms. The first-order valence-corrected chi connectivity index (χ1v) is 21.1. The Labute approximate surface area is 334 Å². The van der Waals surface area contributed by atoms with Crippen LogP contribution in [-0.2, 0) is 10.8 Å². The van der Waals surface area contributed by atoms with Crippen molar-refractivity contribution in [3.8, 4) is 22.3 Å². The van der Waals surface area contributed by atoms with Crippen LogP contribution in [0.2, 0.25) is 0 Å². The van der Waals surface area contributed by atoms with Gasteiger partial charge in [0, 0.05) is 62.5 Å². The highest BCUT2D eigenvalue weighted by atomic mass is 32.1. The number of hydrogen-bond acceptors (Lipinski definition) is 3. The molecule has 2 aliphatic carbocycles. The summed E-state index contributed by atoms with van der Waals surface area (Å²) >= 11 is 3.80. The van der Waals surface area contributed by atoms with Crippen molar-refractivity contribution in [1.82, 2.24) is 0 Å². The molecule has 0 radical (unpaired) electrons. The Morgan fingerprint density at radius 1 is 0.393 bits per heavy atom. The minimum Gasteiger partial charge on any atom is -0.310 e. The largest absolute Gasteiger partial charge is 0.310 e. The minimum atomic E-state index is -0.338. The zero-order valence-corrected chi connectivity index (χ0v) is 33.1. The molecule has 2 aliphatic rings. The monoisotopic (exact) mass is 751 g/mol.